The molecule has 2 amide bonds. The Bertz CT molecular complexity index is 1070. The van der Waals surface area contributed by atoms with Crippen LogP contribution in [0.25, 0.3) is 11.1 Å². The van der Waals surface area contributed by atoms with Gasteiger partial charge in [-0.1, -0.05) is 60.7 Å². The third-order valence-corrected chi connectivity index (χ3v) is 5.80. The predicted octanol–water partition coefficient (Wildman–Crippen LogP) is 4.76. The fourth-order valence-electron chi connectivity index (χ4n) is 3.92. The molecule has 2 N–H and O–H groups in total. The van der Waals surface area contributed by atoms with Gasteiger partial charge in [-0.05, 0) is 39.9 Å². The van der Waals surface area contributed by atoms with Crippen molar-refractivity contribution >= 4 is 30.1 Å². The van der Waals surface area contributed by atoms with Crippen LogP contribution in [0.1, 0.15) is 35.4 Å². The molecule has 1 unspecified atom stereocenters. The lowest BCUT2D eigenvalue weighted by Crippen LogP contribution is -2.24. The summed E-state index contributed by atoms with van der Waals surface area (Å²) < 4.78 is 0. The second-order valence-corrected chi connectivity index (χ2v) is 7.80. The molecular weight excluding hydrogens is 392 g/mol. The fourth-order valence-corrected chi connectivity index (χ4v) is 4.31. The summed E-state index contributed by atoms with van der Waals surface area (Å²) >= 11 is 4.54. The predicted molar refractivity (Wildman–Crippen MR) is 124 cm³/mol. The summed E-state index contributed by atoms with van der Waals surface area (Å²) in [5, 5.41) is 5.78. The van der Waals surface area contributed by atoms with Gasteiger partial charge in [0, 0.05) is 36.7 Å². The van der Waals surface area contributed by atoms with E-state index in [-0.39, 0.29) is 30.6 Å². The number of amides is 2. The molecule has 30 heavy (non-hydrogen) atoms. The standard InChI is InChI=1S/C25H24N2O2S/c28-24(26-15-17-6-2-1-3-7-17)12-13-25(29)27-18-10-11-21-19-8-4-5-9-20(19)23(16-30)22(21)14-18/h1-11,14,23,30H,12-13,15-16H2,(H,26,28)(H,27,29). The third kappa shape index (κ3) is 4.41. The molecule has 0 fully saturated rings. The Morgan fingerprint density at radius 3 is 2.30 bits per heavy atom. The number of rotatable bonds is 7. The summed E-state index contributed by atoms with van der Waals surface area (Å²) in [7, 11) is 0. The van der Waals surface area contributed by atoms with Crippen molar-refractivity contribution in [3.63, 3.8) is 0 Å². The van der Waals surface area contributed by atoms with E-state index >= 15 is 0 Å². The zero-order chi connectivity index (χ0) is 20.9. The van der Waals surface area contributed by atoms with Gasteiger partial charge in [-0.15, -0.1) is 0 Å². The molecule has 3 aromatic rings. The molecule has 0 saturated carbocycles. The van der Waals surface area contributed by atoms with Crippen LogP contribution >= 0.6 is 12.6 Å². The number of carbonyl (C=O) groups excluding carboxylic acids is 2. The van der Waals surface area contributed by atoms with E-state index in [1.807, 2.05) is 54.6 Å². The molecule has 3 aromatic carbocycles. The number of carbonyl (C=O) groups is 2. The summed E-state index contributed by atoms with van der Waals surface area (Å²) in [6.07, 6.45) is 0.308. The van der Waals surface area contributed by atoms with Crippen LogP contribution in [-0.4, -0.2) is 17.6 Å². The van der Waals surface area contributed by atoms with Crippen LogP contribution in [0.5, 0.6) is 0 Å². The van der Waals surface area contributed by atoms with Crippen molar-refractivity contribution in [2.75, 3.05) is 11.1 Å². The highest BCUT2D eigenvalue weighted by molar-refractivity contribution is 7.80. The van der Waals surface area contributed by atoms with Gasteiger partial charge in [0.2, 0.25) is 11.8 Å². The van der Waals surface area contributed by atoms with Gasteiger partial charge in [-0.2, -0.15) is 12.6 Å². The Kier molecular flexibility index (Phi) is 6.19. The molecule has 1 aliphatic carbocycles. The van der Waals surface area contributed by atoms with Gasteiger partial charge in [0.1, 0.15) is 0 Å². The lowest BCUT2D eigenvalue weighted by atomic mass is 9.99. The Morgan fingerprint density at radius 2 is 1.50 bits per heavy atom. The minimum absolute atomic E-state index is 0.131. The van der Waals surface area contributed by atoms with Crippen molar-refractivity contribution in [3.8, 4) is 11.1 Å². The maximum atomic E-state index is 12.4. The molecule has 0 aromatic heterocycles. The van der Waals surface area contributed by atoms with E-state index in [0.717, 1.165) is 11.3 Å². The van der Waals surface area contributed by atoms with Crippen LogP contribution in [0.3, 0.4) is 0 Å². The topological polar surface area (TPSA) is 58.2 Å². The molecule has 4 nitrogen and oxygen atoms in total. The lowest BCUT2D eigenvalue weighted by molar-refractivity contribution is -0.124. The van der Waals surface area contributed by atoms with E-state index in [0.29, 0.717) is 12.3 Å². The van der Waals surface area contributed by atoms with Gasteiger partial charge >= 0.3 is 0 Å². The number of fused-ring (bicyclic) bond motifs is 3. The lowest BCUT2D eigenvalue weighted by Gasteiger charge is -2.12. The second kappa shape index (κ2) is 9.18. The van der Waals surface area contributed by atoms with Crippen LogP contribution in [0.4, 0.5) is 5.69 Å². The summed E-state index contributed by atoms with van der Waals surface area (Å²) in [6, 6.07) is 24.1. The first-order valence-corrected chi connectivity index (χ1v) is 10.7. The van der Waals surface area contributed by atoms with Crippen LogP contribution in [0.2, 0.25) is 0 Å². The highest BCUT2D eigenvalue weighted by atomic mass is 32.1. The first-order valence-electron chi connectivity index (χ1n) is 10.1. The highest BCUT2D eigenvalue weighted by Crippen LogP contribution is 2.45. The van der Waals surface area contributed by atoms with Crippen LogP contribution in [0, 0.1) is 0 Å². The highest BCUT2D eigenvalue weighted by Gasteiger charge is 2.27. The zero-order valence-corrected chi connectivity index (χ0v) is 17.5. The van der Waals surface area contributed by atoms with Gasteiger partial charge in [0.25, 0.3) is 0 Å². The molecule has 0 heterocycles. The molecule has 0 bridgehead atoms. The first kappa shape index (κ1) is 20.2. The van der Waals surface area contributed by atoms with Crippen molar-refractivity contribution in [3.05, 3.63) is 89.5 Å². The normalized spacial score (nSPS) is 14.0. The van der Waals surface area contributed by atoms with E-state index in [1.165, 1.54) is 22.3 Å². The Hall–Kier alpha value is -3.05. The number of benzene rings is 3. The first-order chi connectivity index (χ1) is 14.7. The quantitative estimate of drug-likeness (QED) is 0.486. The molecule has 1 aliphatic rings. The van der Waals surface area contributed by atoms with Gasteiger partial charge in [-0.25, -0.2) is 0 Å². The summed E-state index contributed by atoms with van der Waals surface area (Å²) in [5.74, 6) is 0.639. The van der Waals surface area contributed by atoms with E-state index in [2.05, 4.69) is 41.5 Å². The smallest absolute Gasteiger partial charge is 0.224 e. The molecule has 152 valence electrons. The SMILES string of the molecule is O=C(CCC(=O)Nc1ccc2c(c1)C(CS)c1ccccc1-2)NCc1ccccc1. The van der Waals surface area contributed by atoms with Crippen molar-refractivity contribution in [2.24, 2.45) is 0 Å². The molecule has 5 heteroatoms. The molecule has 4 rings (SSSR count). The fraction of sp³-hybridized carbons (Fsp3) is 0.200. The minimum atomic E-state index is -0.164. The monoisotopic (exact) mass is 416 g/mol. The molecule has 0 aliphatic heterocycles. The molecule has 0 spiro atoms. The van der Waals surface area contributed by atoms with Gasteiger partial charge in [0.15, 0.2) is 0 Å². The van der Waals surface area contributed by atoms with E-state index in [4.69, 9.17) is 0 Å². The average molecular weight is 417 g/mol. The van der Waals surface area contributed by atoms with Crippen molar-refractivity contribution in [1.82, 2.24) is 5.32 Å². The third-order valence-electron chi connectivity index (χ3n) is 5.43. The Morgan fingerprint density at radius 1 is 0.800 bits per heavy atom. The summed E-state index contributed by atoms with van der Waals surface area (Å²) in [6.45, 7) is 0.470. The van der Waals surface area contributed by atoms with Gasteiger partial charge in [0.05, 0.1) is 0 Å². The average Bonchev–Trinajstić information content (AvgIpc) is 3.10. The number of anilines is 1. The van der Waals surface area contributed by atoms with Crippen molar-refractivity contribution < 1.29 is 9.59 Å². The maximum Gasteiger partial charge on any atom is 0.224 e. The van der Waals surface area contributed by atoms with E-state index in [9.17, 15) is 9.59 Å². The Labute approximate surface area is 182 Å². The van der Waals surface area contributed by atoms with Crippen LogP contribution in [-0.2, 0) is 16.1 Å². The van der Waals surface area contributed by atoms with Crippen LogP contribution in [0.15, 0.2) is 72.8 Å². The summed E-state index contributed by atoms with van der Waals surface area (Å²) in [5.41, 5.74) is 6.68. The number of hydrogen-bond acceptors (Lipinski definition) is 3. The zero-order valence-electron chi connectivity index (χ0n) is 16.6. The van der Waals surface area contributed by atoms with Gasteiger partial charge < -0.3 is 10.6 Å². The molecule has 1 atom stereocenters. The number of nitrogens with one attached hydrogen (secondary N) is 2. The largest absolute Gasteiger partial charge is 0.352 e. The maximum absolute atomic E-state index is 12.4. The van der Waals surface area contributed by atoms with Crippen LogP contribution < -0.4 is 10.6 Å². The second-order valence-electron chi connectivity index (χ2n) is 7.43. The number of thiol groups is 1. The molecule has 0 saturated heterocycles. The van der Waals surface area contributed by atoms with Crippen molar-refractivity contribution in [2.45, 2.75) is 25.3 Å². The van der Waals surface area contributed by atoms with Crippen molar-refractivity contribution in [1.29, 1.82) is 0 Å². The molecular formula is C25H24N2O2S. The Balaban J connectivity index is 1.33. The van der Waals surface area contributed by atoms with Gasteiger partial charge in [-0.3, -0.25) is 9.59 Å². The van der Waals surface area contributed by atoms with E-state index < -0.39 is 0 Å². The minimum Gasteiger partial charge on any atom is -0.352 e. The number of hydrogen-bond donors (Lipinski definition) is 3. The molecule has 0 radical (unpaired) electrons. The summed E-state index contributed by atoms with van der Waals surface area (Å²) in [4.78, 5) is 24.4. The van der Waals surface area contributed by atoms with E-state index in [1.54, 1.807) is 0 Å².